The topological polar surface area (TPSA) is 63.2 Å². The summed E-state index contributed by atoms with van der Waals surface area (Å²) in [6.45, 7) is 13.1. The van der Waals surface area contributed by atoms with Crippen LogP contribution in [0.5, 0.6) is 0 Å². The van der Waals surface area contributed by atoms with E-state index in [4.69, 9.17) is 23.4 Å². The fourth-order valence-electron chi connectivity index (χ4n) is 2.57. The molecule has 23 heavy (non-hydrogen) atoms. The molecule has 0 unspecified atom stereocenters. The summed E-state index contributed by atoms with van der Waals surface area (Å²) < 4.78 is 28.8. The van der Waals surface area contributed by atoms with Crippen LogP contribution in [0.2, 0.25) is 18.1 Å². The van der Waals surface area contributed by atoms with Crippen LogP contribution in [0.4, 0.5) is 0 Å². The second kappa shape index (κ2) is 7.19. The molecule has 0 radical (unpaired) electrons. The third-order valence-corrected chi connectivity index (χ3v) is 9.45. The van der Waals surface area contributed by atoms with Crippen LogP contribution in [-0.4, -0.2) is 52.3 Å². The molecule has 2 aliphatic rings. The fraction of sp³-hybridized carbons (Fsp3) is 0.938. The van der Waals surface area contributed by atoms with E-state index in [0.29, 0.717) is 6.61 Å². The number of carbonyl (C=O) groups excluding carboxylic acids is 1. The second-order valence-electron chi connectivity index (χ2n) is 7.84. The lowest BCUT2D eigenvalue weighted by molar-refractivity contribution is -0.256. The Hall–Kier alpha value is -0.473. The smallest absolute Gasteiger partial charge is 0.305 e. The van der Waals surface area contributed by atoms with E-state index < -0.39 is 14.6 Å². The van der Waals surface area contributed by atoms with Crippen LogP contribution >= 0.6 is 0 Å². The SMILES string of the molecule is CC(=O)O[C@@H]1O[C@@H]2COCO[C@H]2CC[C@@H]1O[Si](C)(C)C(C)(C)C. The van der Waals surface area contributed by atoms with E-state index in [9.17, 15) is 4.79 Å². The maximum Gasteiger partial charge on any atom is 0.305 e. The van der Waals surface area contributed by atoms with Crippen LogP contribution in [-0.2, 0) is 28.2 Å². The number of rotatable bonds is 3. The summed E-state index contributed by atoms with van der Waals surface area (Å²) in [6, 6.07) is 0. The van der Waals surface area contributed by atoms with Gasteiger partial charge in [0.15, 0.2) is 8.32 Å². The maximum absolute atomic E-state index is 11.5. The molecule has 7 heteroatoms. The highest BCUT2D eigenvalue weighted by Crippen LogP contribution is 2.39. The van der Waals surface area contributed by atoms with Crippen LogP contribution in [0.1, 0.15) is 40.5 Å². The van der Waals surface area contributed by atoms with E-state index in [-0.39, 0.29) is 36.1 Å². The zero-order valence-electron chi connectivity index (χ0n) is 15.1. The molecule has 0 spiro atoms. The van der Waals surface area contributed by atoms with Gasteiger partial charge in [-0.05, 0) is 31.0 Å². The van der Waals surface area contributed by atoms with Crippen LogP contribution in [0, 0.1) is 0 Å². The zero-order chi connectivity index (χ0) is 17.3. The number of hydrogen-bond acceptors (Lipinski definition) is 6. The lowest BCUT2D eigenvalue weighted by Gasteiger charge is -2.40. The first-order chi connectivity index (χ1) is 10.6. The highest BCUT2D eigenvalue weighted by molar-refractivity contribution is 6.74. The first kappa shape index (κ1) is 18.9. The molecule has 2 aliphatic heterocycles. The summed E-state index contributed by atoms with van der Waals surface area (Å²) in [5.74, 6) is -0.366. The number of hydrogen-bond donors (Lipinski definition) is 0. The molecule has 6 nitrogen and oxygen atoms in total. The molecule has 0 bridgehead atoms. The molecule has 2 heterocycles. The molecule has 0 N–H and O–H groups in total. The van der Waals surface area contributed by atoms with E-state index in [1.54, 1.807) is 0 Å². The van der Waals surface area contributed by atoms with Crippen molar-refractivity contribution < 1.29 is 28.2 Å². The molecule has 0 aromatic carbocycles. The fourth-order valence-corrected chi connectivity index (χ4v) is 3.91. The van der Waals surface area contributed by atoms with E-state index >= 15 is 0 Å². The quantitative estimate of drug-likeness (QED) is 0.578. The van der Waals surface area contributed by atoms with Crippen molar-refractivity contribution in [1.82, 2.24) is 0 Å². The Morgan fingerprint density at radius 1 is 1.17 bits per heavy atom. The van der Waals surface area contributed by atoms with Crippen molar-refractivity contribution in [3.63, 3.8) is 0 Å². The van der Waals surface area contributed by atoms with Gasteiger partial charge in [0, 0.05) is 6.92 Å². The van der Waals surface area contributed by atoms with E-state index in [1.807, 2.05) is 0 Å². The Bertz CT molecular complexity index is 419. The average Bonchev–Trinajstić information content (AvgIpc) is 2.57. The van der Waals surface area contributed by atoms with Crippen LogP contribution in [0.25, 0.3) is 0 Å². The molecular weight excluding hydrogens is 316 g/mol. The normalized spacial score (nSPS) is 32.8. The maximum atomic E-state index is 11.5. The molecular formula is C16H30O6Si. The summed E-state index contributed by atoms with van der Waals surface area (Å²) in [5, 5.41) is 0.0758. The molecule has 0 aliphatic carbocycles. The highest BCUT2D eigenvalue weighted by atomic mass is 28.4. The van der Waals surface area contributed by atoms with Gasteiger partial charge in [0.05, 0.1) is 12.7 Å². The van der Waals surface area contributed by atoms with Gasteiger partial charge in [0.2, 0.25) is 6.29 Å². The van der Waals surface area contributed by atoms with Crippen molar-refractivity contribution in [3.05, 3.63) is 0 Å². The predicted octanol–water partition coefficient (Wildman–Crippen LogP) is 2.82. The molecule has 2 saturated heterocycles. The Morgan fingerprint density at radius 2 is 1.87 bits per heavy atom. The van der Waals surface area contributed by atoms with Crippen molar-refractivity contribution in [3.8, 4) is 0 Å². The van der Waals surface area contributed by atoms with Crippen molar-refractivity contribution in [2.75, 3.05) is 13.4 Å². The minimum Gasteiger partial charge on any atom is -0.433 e. The van der Waals surface area contributed by atoms with Crippen molar-refractivity contribution >= 4 is 14.3 Å². The molecule has 0 aromatic rings. The van der Waals surface area contributed by atoms with Gasteiger partial charge in [-0.25, -0.2) is 0 Å². The second-order valence-corrected chi connectivity index (χ2v) is 12.6. The van der Waals surface area contributed by atoms with Gasteiger partial charge in [0.25, 0.3) is 0 Å². The number of fused-ring (bicyclic) bond motifs is 1. The number of carbonyl (C=O) groups is 1. The summed E-state index contributed by atoms with van der Waals surface area (Å²) in [5.41, 5.74) is 0. The molecule has 2 rings (SSSR count). The summed E-state index contributed by atoms with van der Waals surface area (Å²) in [6.07, 6.45) is 0.323. The van der Waals surface area contributed by atoms with Crippen molar-refractivity contribution in [2.24, 2.45) is 0 Å². The van der Waals surface area contributed by atoms with Crippen molar-refractivity contribution in [1.29, 1.82) is 0 Å². The first-order valence-corrected chi connectivity index (χ1v) is 11.2. The lowest BCUT2D eigenvalue weighted by atomic mass is 10.1. The molecule has 0 amide bonds. The monoisotopic (exact) mass is 346 g/mol. The van der Waals surface area contributed by atoms with E-state index in [2.05, 4.69) is 33.9 Å². The van der Waals surface area contributed by atoms with E-state index in [0.717, 1.165) is 12.8 Å². The number of ether oxygens (including phenoxy) is 4. The molecule has 4 atom stereocenters. The minimum absolute atomic E-state index is 0.0326. The summed E-state index contributed by atoms with van der Waals surface area (Å²) in [7, 11) is -2.00. The summed E-state index contributed by atoms with van der Waals surface area (Å²) in [4.78, 5) is 11.5. The Kier molecular flexibility index (Phi) is 5.89. The van der Waals surface area contributed by atoms with Gasteiger partial charge in [-0.2, -0.15) is 0 Å². The molecule has 0 saturated carbocycles. The Morgan fingerprint density at radius 3 is 2.48 bits per heavy atom. The van der Waals surface area contributed by atoms with Crippen LogP contribution in [0.15, 0.2) is 0 Å². The highest BCUT2D eigenvalue weighted by Gasteiger charge is 2.45. The third kappa shape index (κ3) is 4.76. The van der Waals surface area contributed by atoms with Gasteiger partial charge < -0.3 is 23.4 Å². The van der Waals surface area contributed by atoms with Crippen molar-refractivity contribution in [2.45, 2.75) is 83.3 Å². The minimum atomic E-state index is -2.00. The van der Waals surface area contributed by atoms with Crippen LogP contribution in [0.3, 0.4) is 0 Å². The molecule has 134 valence electrons. The zero-order valence-corrected chi connectivity index (χ0v) is 16.1. The third-order valence-electron chi connectivity index (χ3n) is 4.94. The van der Waals surface area contributed by atoms with Gasteiger partial charge in [-0.3, -0.25) is 4.79 Å². The molecule has 2 fully saturated rings. The Balaban J connectivity index is 2.15. The van der Waals surface area contributed by atoms with Crippen LogP contribution < -0.4 is 0 Å². The predicted molar refractivity (Wildman–Crippen MR) is 87.4 cm³/mol. The average molecular weight is 346 g/mol. The first-order valence-electron chi connectivity index (χ1n) is 8.30. The Labute approximate surface area is 139 Å². The number of esters is 1. The van der Waals surface area contributed by atoms with E-state index in [1.165, 1.54) is 6.92 Å². The van der Waals surface area contributed by atoms with Gasteiger partial charge >= 0.3 is 5.97 Å². The summed E-state index contributed by atoms with van der Waals surface area (Å²) >= 11 is 0. The lowest BCUT2D eigenvalue weighted by Crippen LogP contribution is -2.49. The van der Waals surface area contributed by atoms with Gasteiger partial charge in [0.1, 0.15) is 19.0 Å². The largest absolute Gasteiger partial charge is 0.433 e. The van der Waals surface area contributed by atoms with Gasteiger partial charge in [-0.15, -0.1) is 0 Å². The van der Waals surface area contributed by atoms with Gasteiger partial charge in [-0.1, -0.05) is 20.8 Å². The molecule has 0 aromatic heterocycles. The standard InChI is InChI=1S/C16H30O6Si/c1-11(17)20-15-13(22-23(5,6)16(2,3)4)8-7-12-14(21-15)9-18-10-19-12/h12-15H,7-10H2,1-6H3/t12-,13-,14+,15+/m0/s1.